The van der Waals surface area contributed by atoms with Crippen molar-refractivity contribution in [1.82, 2.24) is 0 Å². The fraction of sp³-hybridized carbons (Fsp3) is 0.875. The molecule has 0 aromatic rings. The second-order valence-electron chi connectivity index (χ2n) is 7.76. The highest BCUT2D eigenvalue weighted by atomic mass is 35.5. The molecule has 0 bridgehead atoms. The molecule has 0 amide bonds. The summed E-state index contributed by atoms with van der Waals surface area (Å²) in [7, 11) is 0. The van der Waals surface area contributed by atoms with Crippen molar-refractivity contribution >= 4 is 23.2 Å². The summed E-state index contributed by atoms with van der Waals surface area (Å²) in [5.74, 6) is 1.82. The first-order valence-electron chi connectivity index (χ1n) is 7.25. The molecule has 2 fully saturated rings. The van der Waals surface area contributed by atoms with Crippen LogP contribution in [-0.2, 0) is 0 Å². The first-order valence-corrected chi connectivity index (χ1v) is 8.01. The van der Waals surface area contributed by atoms with Crippen LogP contribution in [0, 0.1) is 28.6 Å². The molecule has 102 valence electrons. The summed E-state index contributed by atoms with van der Waals surface area (Å²) in [6.07, 6.45) is 7.38. The average molecular weight is 287 g/mol. The third kappa shape index (κ3) is 1.45. The van der Waals surface area contributed by atoms with Crippen LogP contribution in [0.2, 0.25) is 0 Å². The Bertz CT molecular complexity index is 407. The first kappa shape index (κ1) is 13.3. The van der Waals surface area contributed by atoms with Crippen molar-refractivity contribution in [1.29, 1.82) is 0 Å². The predicted molar refractivity (Wildman–Crippen MR) is 79.0 cm³/mol. The molecule has 2 saturated carbocycles. The Kier molecular flexibility index (Phi) is 2.73. The molecule has 3 aliphatic carbocycles. The van der Waals surface area contributed by atoms with Gasteiger partial charge in [-0.05, 0) is 43.4 Å². The van der Waals surface area contributed by atoms with Crippen molar-refractivity contribution in [2.75, 3.05) is 0 Å². The molecular formula is C16H24Cl2. The van der Waals surface area contributed by atoms with E-state index in [0.717, 1.165) is 6.42 Å². The van der Waals surface area contributed by atoms with E-state index in [1.165, 1.54) is 24.8 Å². The van der Waals surface area contributed by atoms with Gasteiger partial charge in [0.05, 0.1) is 0 Å². The van der Waals surface area contributed by atoms with E-state index in [-0.39, 0.29) is 5.41 Å². The predicted octanol–water partition coefficient (Wildman–Crippen LogP) is 5.59. The van der Waals surface area contributed by atoms with Gasteiger partial charge in [-0.15, -0.1) is 23.2 Å². The average Bonchev–Trinajstić information content (AvgIpc) is 2.35. The molecule has 0 saturated heterocycles. The highest BCUT2D eigenvalue weighted by Gasteiger charge is 2.71. The zero-order valence-electron chi connectivity index (χ0n) is 11.9. The van der Waals surface area contributed by atoms with Gasteiger partial charge in [0.2, 0.25) is 0 Å². The standard InChI is InChI=1S/C16H24Cl2/c1-10-8-11-13-12(9-10)16(17,18)15(13,4)7-5-6-14(11,2)3/h8,11-13H,5-7,9H2,1-4H3/t11-,12?,13-,15+/m0/s1. The van der Waals surface area contributed by atoms with Crippen LogP contribution in [0.5, 0.6) is 0 Å². The molecule has 3 aliphatic rings. The largest absolute Gasteiger partial charge is 0.127 e. The fourth-order valence-corrected chi connectivity index (χ4v) is 5.94. The van der Waals surface area contributed by atoms with E-state index >= 15 is 0 Å². The third-order valence-corrected chi connectivity index (χ3v) is 7.63. The normalized spacial score (nSPS) is 48.6. The van der Waals surface area contributed by atoms with Crippen LogP contribution in [-0.4, -0.2) is 4.33 Å². The molecule has 0 N–H and O–H groups in total. The van der Waals surface area contributed by atoms with Crippen LogP contribution in [0.15, 0.2) is 11.6 Å². The van der Waals surface area contributed by atoms with Gasteiger partial charge in [0.15, 0.2) is 0 Å². The van der Waals surface area contributed by atoms with Gasteiger partial charge in [0, 0.05) is 11.3 Å². The Morgan fingerprint density at radius 1 is 1.17 bits per heavy atom. The van der Waals surface area contributed by atoms with Gasteiger partial charge in [0.1, 0.15) is 4.33 Å². The Labute approximate surface area is 121 Å². The molecule has 0 spiro atoms. The maximum atomic E-state index is 6.75. The summed E-state index contributed by atoms with van der Waals surface area (Å²) in [4.78, 5) is 0. The second kappa shape index (κ2) is 3.70. The van der Waals surface area contributed by atoms with Gasteiger partial charge in [-0.25, -0.2) is 0 Å². The minimum atomic E-state index is -0.508. The topological polar surface area (TPSA) is 0 Å². The van der Waals surface area contributed by atoms with E-state index in [9.17, 15) is 0 Å². The molecule has 3 rings (SSSR count). The summed E-state index contributed by atoms with van der Waals surface area (Å²) in [6.45, 7) is 9.43. The molecule has 0 aromatic heterocycles. The van der Waals surface area contributed by atoms with E-state index in [1.54, 1.807) is 0 Å². The number of hydrogen-bond acceptors (Lipinski definition) is 0. The quantitative estimate of drug-likeness (QED) is 0.402. The first-order chi connectivity index (χ1) is 8.20. The lowest BCUT2D eigenvalue weighted by Crippen LogP contribution is -2.66. The fourth-order valence-electron chi connectivity index (χ4n) is 5.07. The number of alkyl halides is 2. The van der Waals surface area contributed by atoms with Crippen molar-refractivity contribution in [2.24, 2.45) is 28.6 Å². The SMILES string of the molecule is CC1=C[C@H]2[C@H]3C(C1)C(Cl)(Cl)[C@]3(C)CCCC2(C)C. The molecule has 4 atom stereocenters. The molecule has 0 radical (unpaired) electrons. The second-order valence-corrected chi connectivity index (χ2v) is 9.14. The lowest BCUT2D eigenvalue weighted by atomic mass is 9.44. The molecular weight excluding hydrogens is 263 g/mol. The van der Waals surface area contributed by atoms with Gasteiger partial charge in [-0.3, -0.25) is 0 Å². The van der Waals surface area contributed by atoms with E-state index in [0.29, 0.717) is 23.2 Å². The Balaban J connectivity index is 2.09. The number of hydrogen-bond donors (Lipinski definition) is 0. The minimum absolute atomic E-state index is 0.121. The molecule has 2 heteroatoms. The maximum Gasteiger partial charge on any atom is 0.127 e. The smallest absolute Gasteiger partial charge is 0.101 e. The zero-order chi connectivity index (χ0) is 13.3. The lowest BCUT2D eigenvalue weighted by Gasteiger charge is -2.67. The number of halogens is 2. The summed E-state index contributed by atoms with van der Waals surface area (Å²) < 4.78 is -0.508. The van der Waals surface area contributed by atoms with Gasteiger partial charge >= 0.3 is 0 Å². The Hall–Kier alpha value is 0.320. The summed E-state index contributed by atoms with van der Waals surface area (Å²) in [5.41, 5.74) is 2.01. The van der Waals surface area contributed by atoms with E-state index in [1.807, 2.05) is 0 Å². The molecule has 1 unspecified atom stereocenters. The molecule has 0 heterocycles. The van der Waals surface area contributed by atoms with Crippen LogP contribution < -0.4 is 0 Å². The number of rotatable bonds is 0. The van der Waals surface area contributed by atoms with Gasteiger partial charge < -0.3 is 0 Å². The number of allylic oxidation sites excluding steroid dienone is 2. The van der Waals surface area contributed by atoms with Crippen molar-refractivity contribution < 1.29 is 0 Å². The third-order valence-electron chi connectivity index (χ3n) is 6.21. The van der Waals surface area contributed by atoms with Crippen molar-refractivity contribution in [3.05, 3.63) is 11.6 Å². The molecule has 0 aromatic carbocycles. The van der Waals surface area contributed by atoms with Crippen LogP contribution in [0.4, 0.5) is 0 Å². The van der Waals surface area contributed by atoms with Crippen LogP contribution in [0.25, 0.3) is 0 Å². The van der Waals surface area contributed by atoms with Crippen molar-refractivity contribution in [3.63, 3.8) is 0 Å². The van der Waals surface area contributed by atoms with Gasteiger partial charge in [0.25, 0.3) is 0 Å². The van der Waals surface area contributed by atoms with Crippen LogP contribution >= 0.6 is 23.2 Å². The summed E-state index contributed by atoms with van der Waals surface area (Å²) in [6, 6.07) is 0. The van der Waals surface area contributed by atoms with E-state index in [2.05, 4.69) is 33.8 Å². The van der Waals surface area contributed by atoms with Gasteiger partial charge in [-0.2, -0.15) is 0 Å². The van der Waals surface area contributed by atoms with E-state index < -0.39 is 4.33 Å². The molecule has 0 nitrogen and oxygen atoms in total. The summed E-state index contributed by atoms with van der Waals surface area (Å²) in [5, 5.41) is 0. The molecule has 0 aliphatic heterocycles. The van der Waals surface area contributed by atoms with Crippen molar-refractivity contribution in [3.8, 4) is 0 Å². The van der Waals surface area contributed by atoms with Crippen LogP contribution in [0.1, 0.15) is 53.4 Å². The highest BCUT2D eigenvalue weighted by molar-refractivity contribution is 6.50. The van der Waals surface area contributed by atoms with E-state index in [4.69, 9.17) is 23.2 Å². The Morgan fingerprint density at radius 3 is 2.50 bits per heavy atom. The lowest BCUT2D eigenvalue weighted by molar-refractivity contribution is -0.0929. The van der Waals surface area contributed by atoms with Crippen molar-refractivity contribution in [2.45, 2.75) is 57.7 Å². The Morgan fingerprint density at radius 2 is 1.83 bits per heavy atom. The zero-order valence-corrected chi connectivity index (χ0v) is 13.4. The highest BCUT2D eigenvalue weighted by Crippen LogP contribution is 2.74. The maximum absolute atomic E-state index is 6.75. The van der Waals surface area contributed by atoms with Crippen LogP contribution in [0.3, 0.4) is 0 Å². The minimum Gasteiger partial charge on any atom is -0.101 e. The monoisotopic (exact) mass is 286 g/mol. The summed E-state index contributed by atoms with van der Waals surface area (Å²) >= 11 is 13.5. The molecule has 18 heavy (non-hydrogen) atoms. The van der Waals surface area contributed by atoms with Gasteiger partial charge in [-0.1, -0.05) is 38.8 Å².